The van der Waals surface area contributed by atoms with Crippen LogP contribution in [0, 0.1) is 0 Å². The smallest absolute Gasteiger partial charge is 0.354 e. The topological polar surface area (TPSA) is 91.7 Å². The first-order valence-electron chi connectivity index (χ1n) is 6.15. The number of ether oxygens (including phenoxy) is 1. The van der Waals surface area contributed by atoms with Crippen molar-refractivity contribution < 1.29 is 19.7 Å². The van der Waals surface area contributed by atoms with Crippen molar-refractivity contribution in [2.24, 2.45) is 0 Å². The van der Waals surface area contributed by atoms with Gasteiger partial charge in [-0.05, 0) is 12.1 Å². The van der Waals surface area contributed by atoms with E-state index in [1.165, 1.54) is 13.2 Å². The molecule has 0 bridgehead atoms. The van der Waals surface area contributed by atoms with Crippen LogP contribution in [0.4, 0.5) is 5.69 Å². The molecule has 1 heterocycles. The molecule has 2 aromatic rings. The summed E-state index contributed by atoms with van der Waals surface area (Å²) in [6.45, 7) is 0.197. The molecule has 0 fully saturated rings. The Morgan fingerprint density at radius 2 is 2.20 bits per heavy atom. The highest BCUT2D eigenvalue weighted by Crippen LogP contribution is 2.23. The van der Waals surface area contributed by atoms with Crippen LogP contribution in [0.5, 0.6) is 0 Å². The minimum absolute atomic E-state index is 0.0414. The number of fused-ring (bicyclic) bond motifs is 1. The van der Waals surface area contributed by atoms with Gasteiger partial charge < -0.3 is 20.3 Å². The van der Waals surface area contributed by atoms with Crippen LogP contribution in [0.2, 0.25) is 0 Å². The maximum absolute atomic E-state index is 11.1. The predicted molar refractivity (Wildman–Crippen MR) is 75.1 cm³/mol. The summed E-state index contributed by atoms with van der Waals surface area (Å²) >= 11 is 0. The molecular formula is C14H16N2O4. The summed E-state index contributed by atoms with van der Waals surface area (Å²) in [6.07, 6.45) is 0. The Bertz CT molecular complexity index is 615. The van der Waals surface area contributed by atoms with E-state index in [4.69, 9.17) is 9.84 Å². The first-order valence-corrected chi connectivity index (χ1v) is 6.15. The zero-order chi connectivity index (χ0) is 14.5. The van der Waals surface area contributed by atoms with Crippen molar-refractivity contribution in [3.8, 4) is 0 Å². The number of pyridine rings is 1. The maximum Gasteiger partial charge on any atom is 0.354 e. The van der Waals surface area contributed by atoms with Crippen LogP contribution in [0.3, 0.4) is 0 Å². The molecule has 20 heavy (non-hydrogen) atoms. The van der Waals surface area contributed by atoms with Gasteiger partial charge in [0.2, 0.25) is 0 Å². The van der Waals surface area contributed by atoms with Crippen molar-refractivity contribution in [2.45, 2.75) is 6.04 Å². The number of para-hydroxylation sites is 1. The van der Waals surface area contributed by atoms with E-state index in [1.54, 1.807) is 12.1 Å². The lowest BCUT2D eigenvalue weighted by Crippen LogP contribution is -2.29. The van der Waals surface area contributed by atoms with Crippen LogP contribution in [-0.2, 0) is 4.74 Å². The first-order chi connectivity index (χ1) is 9.65. The monoisotopic (exact) mass is 276 g/mol. The first kappa shape index (κ1) is 14.2. The number of aliphatic hydroxyl groups is 1. The zero-order valence-corrected chi connectivity index (χ0v) is 11.0. The number of benzene rings is 1. The lowest BCUT2D eigenvalue weighted by Gasteiger charge is -2.18. The van der Waals surface area contributed by atoms with Crippen LogP contribution < -0.4 is 5.32 Å². The molecule has 1 aromatic carbocycles. The standard InChI is InChI=1S/C14H16N2O4/c1-20-8-9(7-17)15-12-6-13(14(18)19)16-11-5-3-2-4-10(11)12/h2-6,9,17H,7-8H2,1H3,(H,15,16)(H,18,19). The number of nitrogens with one attached hydrogen (secondary N) is 1. The third-order valence-corrected chi connectivity index (χ3v) is 2.88. The highest BCUT2D eigenvalue weighted by molar-refractivity contribution is 5.97. The number of methoxy groups -OCH3 is 1. The van der Waals surface area contributed by atoms with Gasteiger partial charge in [-0.2, -0.15) is 0 Å². The van der Waals surface area contributed by atoms with Crippen molar-refractivity contribution in [1.82, 2.24) is 4.98 Å². The zero-order valence-electron chi connectivity index (χ0n) is 11.0. The van der Waals surface area contributed by atoms with Crippen molar-refractivity contribution in [2.75, 3.05) is 25.6 Å². The van der Waals surface area contributed by atoms with Crippen LogP contribution in [0.1, 0.15) is 10.5 Å². The molecule has 0 aliphatic heterocycles. The Labute approximate surface area is 116 Å². The summed E-state index contributed by atoms with van der Waals surface area (Å²) in [4.78, 5) is 15.2. The Morgan fingerprint density at radius 1 is 1.45 bits per heavy atom. The lowest BCUT2D eigenvalue weighted by molar-refractivity contribution is 0.0691. The van der Waals surface area contributed by atoms with Gasteiger partial charge in [0.05, 0.1) is 24.8 Å². The lowest BCUT2D eigenvalue weighted by atomic mass is 10.1. The van der Waals surface area contributed by atoms with Gasteiger partial charge in [0.15, 0.2) is 5.69 Å². The highest BCUT2D eigenvalue weighted by Gasteiger charge is 2.13. The van der Waals surface area contributed by atoms with Gasteiger partial charge in [-0.3, -0.25) is 0 Å². The third-order valence-electron chi connectivity index (χ3n) is 2.88. The number of nitrogens with zero attached hydrogens (tertiary/aromatic N) is 1. The van der Waals surface area contributed by atoms with Crippen LogP contribution in [0.25, 0.3) is 10.9 Å². The van der Waals surface area contributed by atoms with Gasteiger partial charge in [-0.1, -0.05) is 18.2 Å². The number of aliphatic hydroxyl groups excluding tert-OH is 1. The average Bonchev–Trinajstić information content (AvgIpc) is 2.46. The van der Waals surface area contributed by atoms with Gasteiger partial charge >= 0.3 is 5.97 Å². The van der Waals surface area contributed by atoms with Gasteiger partial charge in [-0.25, -0.2) is 9.78 Å². The van der Waals surface area contributed by atoms with Crippen molar-refractivity contribution in [1.29, 1.82) is 0 Å². The number of carboxylic acid groups (broad SMARTS) is 1. The number of carboxylic acids is 1. The quantitative estimate of drug-likeness (QED) is 0.737. The summed E-state index contributed by atoms with van der Waals surface area (Å²) < 4.78 is 5.00. The number of anilines is 1. The maximum atomic E-state index is 11.1. The van der Waals surface area contributed by atoms with Gasteiger partial charge in [0, 0.05) is 18.2 Å². The molecule has 0 radical (unpaired) electrons. The summed E-state index contributed by atoms with van der Waals surface area (Å²) in [5, 5.41) is 22.3. The molecule has 1 atom stereocenters. The Morgan fingerprint density at radius 3 is 2.85 bits per heavy atom. The molecule has 6 heteroatoms. The number of aromatic carboxylic acids is 1. The second-order valence-electron chi connectivity index (χ2n) is 4.36. The number of hydrogen-bond acceptors (Lipinski definition) is 5. The van der Waals surface area contributed by atoms with E-state index in [2.05, 4.69) is 10.3 Å². The summed E-state index contributed by atoms with van der Waals surface area (Å²) in [7, 11) is 1.54. The second kappa shape index (κ2) is 6.31. The summed E-state index contributed by atoms with van der Waals surface area (Å²) in [5.74, 6) is -1.09. The van der Waals surface area contributed by atoms with E-state index in [1.807, 2.05) is 12.1 Å². The molecular weight excluding hydrogens is 260 g/mol. The van der Waals surface area contributed by atoms with E-state index in [0.717, 1.165) is 5.39 Å². The molecule has 0 amide bonds. The molecule has 1 aromatic heterocycles. The number of carbonyl (C=O) groups is 1. The molecule has 1 unspecified atom stereocenters. The molecule has 0 saturated heterocycles. The molecule has 0 saturated carbocycles. The summed E-state index contributed by atoms with van der Waals surface area (Å²) in [5.41, 5.74) is 1.16. The molecule has 0 aliphatic rings. The number of rotatable bonds is 6. The average molecular weight is 276 g/mol. The summed E-state index contributed by atoms with van der Waals surface area (Å²) in [6, 6.07) is 8.38. The second-order valence-corrected chi connectivity index (χ2v) is 4.36. The Kier molecular flexibility index (Phi) is 4.49. The van der Waals surface area contributed by atoms with E-state index in [0.29, 0.717) is 17.8 Å². The van der Waals surface area contributed by atoms with E-state index in [-0.39, 0.29) is 18.3 Å². The molecule has 0 spiro atoms. The van der Waals surface area contributed by atoms with Gasteiger partial charge in [0.1, 0.15) is 0 Å². The SMILES string of the molecule is COCC(CO)Nc1cc(C(=O)O)nc2ccccc12. The van der Waals surface area contributed by atoms with Gasteiger partial charge in [0.25, 0.3) is 0 Å². The largest absolute Gasteiger partial charge is 0.477 e. The van der Waals surface area contributed by atoms with Crippen LogP contribution in [-0.4, -0.2) is 47.5 Å². The highest BCUT2D eigenvalue weighted by atomic mass is 16.5. The molecule has 106 valence electrons. The third kappa shape index (κ3) is 3.04. The minimum atomic E-state index is -1.09. The van der Waals surface area contributed by atoms with Crippen molar-refractivity contribution >= 4 is 22.6 Å². The predicted octanol–water partition coefficient (Wildman–Crippen LogP) is 1.35. The van der Waals surface area contributed by atoms with Crippen LogP contribution >= 0.6 is 0 Å². The minimum Gasteiger partial charge on any atom is -0.477 e. The molecule has 3 N–H and O–H groups in total. The molecule has 2 rings (SSSR count). The van der Waals surface area contributed by atoms with E-state index < -0.39 is 5.97 Å². The molecule has 0 aliphatic carbocycles. The van der Waals surface area contributed by atoms with E-state index >= 15 is 0 Å². The van der Waals surface area contributed by atoms with Crippen molar-refractivity contribution in [3.63, 3.8) is 0 Å². The Hall–Kier alpha value is -2.18. The fourth-order valence-electron chi connectivity index (χ4n) is 1.97. The van der Waals surface area contributed by atoms with E-state index in [9.17, 15) is 9.90 Å². The number of aromatic nitrogens is 1. The number of hydrogen-bond donors (Lipinski definition) is 3. The molecule has 6 nitrogen and oxygen atoms in total. The van der Waals surface area contributed by atoms with Crippen LogP contribution in [0.15, 0.2) is 30.3 Å². The fraction of sp³-hybridized carbons (Fsp3) is 0.286. The fourth-order valence-corrected chi connectivity index (χ4v) is 1.97. The Balaban J connectivity index is 2.46. The van der Waals surface area contributed by atoms with Gasteiger partial charge in [-0.15, -0.1) is 0 Å². The van der Waals surface area contributed by atoms with Crippen molar-refractivity contribution in [3.05, 3.63) is 36.0 Å². The normalized spacial score (nSPS) is 12.3.